The molecule has 0 bridgehead atoms. The molecule has 2 aromatic heterocycles. The van der Waals surface area contributed by atoms with Gasteiger partial charge in [0, 0.05) is 43.8 Å². The van der Waals surface area contributed by atoms with Gasteiger partial charge in [0.1, 0.15) is 12.1 Å². The monoisotopic (exact) mass is 507 g/mol. The molecule has 0 aliphatic carbocycles. The lowest BCUT2D eigenvalue weighted by atomic mass is 10.1. The van der Waals surface area contributed by atoms with Gasteiger partial charge in [0.25, 0.3) is 5.91 Å². The van der Waals surface area contributed by atoms with E-state index in [9.17, 15) is 18.4 Å². The van der Waals surface area contributed by atoms with E-state index in [0.717, 1.165) is 22.3 Å². The molecule has 0 unspecified atom stereocenters. The predicted octanol–water partition coefficient (Wildman–Crippen LogP) is 5.13. The van der Waals surface area contributed by atoms with E-state index in [1.165, 1.54) is 18.5 Å². The quantitative estimate of drug-likeness (QED) is 0.291. The fourth-order valence-electron chi connectivity index (χ4n) is 3.82. The fraction of sp³-hybridized carbons (Fsp3) is 0.259. The van der Waals surface area contributed by atoms with Crippen LogP contribution < -0.4 is 15.4 Å². The van der Waals surface area contributed by atoms with Crippen molar-refractivity contribution >= 4 is 28.5 Å². The van der Waals surface area contributed by atoms with Crippen LogP contribution in [-0.2, 0) is 17.8 Å². The highest BCUT2D eigenvalue weighted by atomic mass is 19.3. The molecule has 0 saturated carbocycles. The number of hydrogen-bond donors (Lipinski definition) is 3. The van der Waals surface area contributed by atoms with Gasteiger partial charge in [0.2, 0.25) is 5.91 Å². The van der Waals surface area contributed by atoms with E-state index in [1.807, 2.05) is 25.1 Å². The van der Waals surface area contributed by atoms with Crippen LogP contribution in [0.15, 0.2) is 55.0 Å². The van der Waals surface area contributed by atoms with E-state index < -0.39 is 6.11 Å². The Labute approximate surface area is 212 Å². The SMILES string of the molecule is CCC(=O)Nc1cc(CNC(=O)c2ncnc3c(Cc4ccc(OC(C)(F)F)cc4)c[nH]c23)ccc1C. The summed E-state index contributed by atoms with van der Waals surface area (Å²) in [4.78, 5) is 36.3. The second-order valence-electron chi connectivity index (χ2n) is 8.72. The molecule has 4 rings (SSSR count). The molecule has 192 valence electrons. The predicted molar refractivity (Wildman–Crippen MR) is 136 cm³/mol. The fourth-order valence-corrected chi connectivity index (χ4v) is 3.82. The first-order chi connectivity index (χ1) is 17.6. The van der Waals surface area contributed by atoms with Crippen molar-refractivity contribution in [2.24, 2.45) is 0 Å². The highest BCUT2D eigenvalue weighted by Gasteiger charge is 2.23. The number of aromatic nitrogens is 3. The lowest BCUT2D eigenvalue weighted by Crippen LogP contribution is -2.24. The maximum Gasteiger partial charge on any atom is 0.394 e. The molecule has 0 aliphatic rings. The van der Waals surface area contributed by atoms with Crippen LogP contribution in [0.25, 0.3) is 11.0 Å². The third kappa shape index (κ3) is 6.46. The van der Waals surface area contributed by atoms with Crippen LogP contribution in [0, 0.1) is 6.92 Å². The number of amides is 2. The minimum atomic E-state index is -3.25. The Bertz CT molecular complexity index is 1430. The number of nitrogens with zero attached hydrogens (tertiary/aromatic N) is 2. The number of aryl methyl sites for hydroxylation is 1. The number of fused-ring (bicyclic) bond motifs is 1. The van der Waals surface area contributed by atoms with Gasteiger partial charge in [-0.25, -0.2) is 9.97 Å². The van der Waals surface area contributed by atoms with Crippen LogP contribution in [0.1, 0.15) is 53.0 Å². The van der Waals surface area contributed by atoms with Crippen LogP contribution in [0.3, 0.4) is 0 Å². The molecule has 0 aliphatic heterocycles. The van der Waals surface area contributed by atoms with Gasteiger partial charge < -0.3 is 20.4 Å². The van der Waals surface area contributed by atoms with Crippen molar-refractivity contribution < 1.29 is 23.1 Å². The van der Waals surface area contributed by atoms with Crippen molar-refractivity contribution in [1.29, 1.82) is 0 Å². The Balaban J connectivity index is 1.46. The Morgan fingerprint density at radius 1 is 1.08 bits per heavy atom. The summed E-state index contributed by atoms with van der Waals surface area (Å²) in [6.45, 7) is 4.62. The Morgan fingerprint density at radius 3 is 2.51 bits per heavy atom. The zero-order valence-electron chi connectivity index (χ0n) is 20.7. The van der Waals surface area contributed by atoms with Crippen molar-refractivity contribution in [2.75, 3.05) is 5.32 Å². The lowest BCUT2D eigenvalue weighted by Gasteiger charge is -2.13. The first-order valence-electron chi connectivity index (χ1n) is 11.8. The molecule has 3 N–H and O–H groups in total. The van der Waals surface area contributed by atoms with Gasteiger partial charge in [-0.2, -0.15) is 8.78 Å². The molecular weight excluding hydrogens is 480 g/mol. The average molecular weight is 508 g/mol. The number of nitrogens with one attached hydrogen (secondary N) is 3. The summed E-state index contributed by atoms with van der Waals surface area (Å²) >= 11 is 0. The summed E-state index contributed by atoms with van der Waals surface area (Å²) in [5.74, 6) is -0.380. The molecule has 0 radical (unpaired) electrons. The van der Waals surface area contributed by atoms with Crippen LogP contribution in [0.5, 0.6) is 5.75 Å². The lowest BCUT2D eigenvalue weighted by molar-refractivity contribution is -0.158. The first kappa shape index (κ1) is 25.7. The molecule has 0 atom stereocenters. The molecule has 2 heterocycles. The molecule has 0 fully saturated rings. The molecule has 2 aromatic carbocycles. The van der Waals surface area contributed by atoms with Crippen LogP contribution in [0.4, 0.5) is 14.5 Å². The summed E-state index contributed by atoms with van der Waals surface area (Å²) in [5.41, 5.74) is 5.46. The topological polar surface area (TPSA) is 109 Å². The average Bonchev–Trinajstić information content (AvgIpc) is 3.27. The van der Waals surface area contributed by atoms with Gasteiger partial charge in [-0.1, -0.05) is 31.2 Å². The molecule has 0 spiro atoms. The number of carbonyl (C=O) groups excluding carboxylic acids is 2. The number of rotatable bonds is 9. The van der Waals surface area contributed by atoms with Crippen molar-refractivity contribution in [2.45, 2.75) is 46.3 Å². The van der Waals surface area contributed by atoms with E-state index in [2.05, 4.69) is 30.3 Å². The molecule has 8 nitrogen and oxygen atoms in total. The summed E-state index contributed by atoms with van der Waals surface area (Å²) in [6, 6.07) is 12.0. The van der Waals surface area contributed by atoms with Gasteiger partial charge in [-0.05, 0) is 41.8 Å². The van der Waals surface area contributed by atoms with E-state index >= 15 is 0 Å². The Hall–Kier alpha value is -4.34. The van der Waals surface area contributed by atoms with Crippen molar-refractivity contribution in [3.8, 4) is 5.75 Å². The van der Waals surface area contributed by atoms with Crippen molar-refractivity contribution in [3.05, 3.63) is 82.9 Å². The van der Waals surface area contributed by atoms with Crippen LogP contribution in [0.2, 0.25) is 0 Å². The third-order valence-corrected chi connectivity index (χ3v) is 5.72. The highest BCUT2D eigenvalue weighted by Crippen LogP contribution is 2.25. The second-order valence-corrected chi connectivity index (χ2v) is 8.72. The van der Waals surface area contributed by atoms with Gasteiger partial charge in [-0.15, -0.1) is 0 Å². The van der Waals surface area contributed by atoms with E-state index in [0.29, 0.717) is 36.5 Å². The summed E-state index contributed by atoms with van der Waals surface area (Å²) in [5, 5.41) is 5.73. The smallest absolute Gasteiger partial charge is 0.394 e. The number of halogens is 2. The number of aromatic amines is 1. The van der Waals surface area contributed by atoms with Gasteiger partial charge in [0.15, 0.2) is 5.69 Å². The molecule has 10 heteroatoms. The molecule has 4 aromatic rings. The van der Waals surface area contributed by atoms with Crippen molar-refractivity contribution in [1.82, 2.24) is 20.3 Å². The summed E-state index contributed by atoms with van der Waals surface area (Å²) in [6.07, 6.45) is 0.678. The Kier molecular flexibility index (Phi) is 7.47. The maximum atomic E-state index is 13.0. The maximum absolute atomic E-state index is 13.0. The van der Waals surface area contributed by atoms with E-state index in [1.54, 1.807) is 25.3 Å². The second kappa shape index (κ2) is 10.7. The number of alkyl halides is 2. The van der Waals surface area contributed by atoms with Crippen LogP contribution in [-0.4, -0.2) is 32.9 Å². The third-order valence-electron chi connectivity index (χ3n) is 5.72. The number of H-pyrrole nitrogens is 1. The Morgan fingerprint density at radius 2 is 1.81 bits per heavy atom. The zero-order chi connectivity index (χ0) is 26.6. The molecule has 2 amide bonds. The molecular formula is C27H27F2N5O3. The number of benzene rings is 2. The van der Waals surface area contributed by atoms with Gasteiger partial charge in [-0.3, -0.25) is 9.59 Å². The van der Waals surface area contributed by atoms with E-state index in [-0.39, 0.29) is 29.8 Å². The normalized spacial score (nSPS) is 11.4. The van der Waals surface area contributed by atoms with Crippen molar-refractivity contribution in [3.63, 3.8) is 0 Å². The van der Waals surface area contributed by atoms with Crippen LogP contribution >= 0.6 is 0 Å². The van der Waals surface area contributed by atoms with Gasteiger partial charge in [0.05, 0.1) is 11.0 Å². The van der Waals surface area contributed by atoms with Gasteiger partial charge >= 0.3 is 6.11 Å². The minimum absolute atomic E-state index is 0.0740. The summed E-state index contributed by atoms with van der Waals surface area (Å²) < 4.78 is 30.7. The standard InChI is InChI=1S/C27H27F2N5O3/c1-4-22(35)34-21-12-18(6-5-16(21)2)13-31-26(36)25-24-23(32-15-33-25)19(14-30-24)11-17-7-9-20(10-8-17)37-27(3,28)29/h5-10,12,14-15,30H,4,11,13H2,1-3H3,(H,31,36)(H,34,35). The highest BCUT2D eigenvalue weighted by molar-refractivity contribution is 6.03. The number of ether oxygens (including phenoxy) is 1. The zero-order valence-corrected chi connectivity index (χ0v) is 20.7. The summed E-state index contributed by atoms with van der Waals surface area (Å²) in [7, 11) is 0. The molecule has 0 saturated heterocycles. The number of carbonyl (C=O) groups is 2. The van der Waals surface area contributed by atoms with E-state index in [4.69, 9.17) is 0 Å². The minimum Gasteiger partial charge on any atom is -0.433 e. The number of hydrogen-bond acceptors (Lipinski definition) is 5. The molecule has 37 heavy (non-hydrogen) atoms. The number of anilines is 1. The largest absolute Gasteiger partial charge is 0.433 e. The first-order valence-corrected chi connectivity index (χ1v) is 11.8.